The Hall–Kier alpha value is -1.55. The van der Waals surface area contributed by atoms with Crippen molar-refractivity contribution in [3.63, 3.8) is 0 Å². The molecular formula is C13H20N2O2. The molecule has 0 saturated carbocycles. The monoisotopic (exact) mass is 236 g/mol. The van der Waals surface area contributed by atoms with Crippen LogP contribution in [0.15, 0.2) is 24.3 Å². The molecule has 0 spiro atoms. The number of phenols is 1. The molecule has 1 rings (SSSR count). The second kappa shape index (κ2) is 6.91. The summed E-state index contributed by atoms with van der Waals surface area (Å²) in [6.07, 6.45) is 2.05. The van der Waals surface area contributed by atoms with Gasteiger partial charge in [-0.3, -0.25) is 4.79 Å². The number of benzene rings is 1. The van der Waals surface area contributed by atoms with E-state index in [1.165, 1.54) is 0 Å². The number of phenolic OH excluding ortho intramolecular Hbond substituents is 1. The minimum absolute atomic E-state index is 0.0263. The van der Waals surface area contributed by atoms with E-state index >= 15 is 0 Å². The lowest BCUT2D eigenvalue weighted by atomic mass is 10.1. The summed E-state index contributed by atoms with van der Waals surface area (Å²) >= 11 is 0. The van der Waals surface area contributed by atoms with Crippen LogP contribution >= 0.6 is 0 Å². The summed E-state index contributed by atoms with van der Waals surface area (Å²) in [6.45, 7) is 2.50. The standard InChI is InChI=1S/C13H20N2O2/c1-2-5-11(9-14)15-13(17)8-10-6-3-4-7-12(10)16/h3-4,6-7,11,16H,2,5,8-9,14H2,1H3,(H,15,17). The Morgan fingerprint density at radius 2 is 2.18 bits per heavy atom. The average molecular weight is 236 g/mol. The van der Waals surface area contributed by atoms with Crippen LogP contribution in [0.2, 0.25) is 0 Å². The van der Waals surface area contributed by atoms with Gasteiger partial charge >= 0.3 is 0 Å². The van der Waals surface area contributed by atoms with Crippen molar-refractivity contribution in [3.8, 4) is 5.75 Å². The maximum atomic E-state index is 11.7. The fraction of sp³-hybridized carbons (Fsp3) is 0.462. The first-order valence-electron chi connectivity index (χ1n) is 5.93. The molecule has 1 aromatic rings. The Bertz CT molecular complexity index is 366. The van der Waals surface area contributed by atoms with Gasteiger partial charge in [-0.2, -0.15) is 0 Å². The first-order chi connectivity index (χ1) is 8.17. The number of nitrogens with one attached hydrogen (secondary N) is 1. The summed E-state index contributed by atoms with van der Waals surface area (Å²) < 4.78 is 0. The summed E-state index contributed by atoms with van der Waals surface area (Å²) in [5.41, 5.74) is 6.20. The highest BCUT2D eigenvalue weighted by molar-refractivity contribution is 5.79. The van der Waals surface area contributed by atoms with Gasteiger partial charge in [-0.15, -0.1) is 0 Å². The normalized spacial score (nSPS) is 12.1. The molecule has 1 atom stereocenters. The molecule has 94 valence electrons. The zero-order valence-electron chi connectivity index (χ0n) is 10.1. The summed E-state index contributed by atoms with van der Waals surface area (Å²) in [4.78, 5) is 11.7. The molecule has 0 aliphatic rings. The van der Waals surface area contributed by atoms with Crippen molar-refractivity contribution < 1.29 is 9.90 Å². The van der Waals surface area contributed by atoms with E-state index in [-0.39, 0.29) is 24.1 Å². The Balaban J connectivity index is 2.52. The molecule has 0 heterocycles. The fourth-order valence-electron chi connectivity index (χ4n) is 1.71. The van der Waals surface area contributed by atoms with Gasteiger partial charge in [0.05, 0.1) is 6.42 Å². The molecule has 0 aromatic heterocycles. The van der Waals surface area contributed by atoms with E-state index in [2.05, 4.69) is 12.2 Å². The topological polar surface area (TPSA) is 75.3 Å². The molecule has 17 heavy (non-hydrogen) atoms. The van der Waals surface area contributed by atoms with E-state index in [1.807, 2.05) is 0 Å². The SMILES string of the molecule is CCCC(CN)NC(=O)Cc1ccccc1O. The highest BCUT2D eigenvalue weighted by Gasteiger charge is 2.11. The molecular weight excluding hydrogens is 216 g/mol. The molecule has 0 aliphatic heterocycles. The Kier molecular flexibility index (Phi) is 5.49. The fourth-order valence-corrected chi connectivity index (χ4v) is 1.71. The minimum Gasteiger partial charge on any atom is -0.508 e. The van der Waals surface area contributed by atoms with Gasteiger partial charge in [0, 0.05) is 18.2 Å². The third-order valence-corrected chi connectivity index (χ3v) is 2.63. The van der Waals surface area contributed by atoms with Crippen molar-refractivity contribution in [3.05, 3.63) is 29.8 Å². The van der Waals surface area contributed by atoms with Gasteiger partial charge in [-0.25, -0.2) is 0 Å². The predicted molar refractivity (Wildman–Crippen MR) is 67.7 cm³/mol. The van der Waals surface area contributed by atoms with E-state index in [0.29, 0.717) is 12.1 Å². The van der Waals surface area contributed by atoms with Crippen LogP contribution in [-0.4, -0.2) is 23.6 Å². The van der Waals surface area contributed by atoms with Gasteiger partial charge in [0.25, 0.3) is 0 Å². The molecule has 1 amide bonds. The number of hydrogen-bond donors (Lipinski definition) is 3. The van der Waals surface area contributed by atoms with Crippen LogP contribution in [0.25, 0.3) is 0 Å². The number of amides is 1. The average Bonchev–Trinajstić information content (AvgIpc) is 2.31. The maximum Gasteiger partial charge on any atom is 0.224 e. The Morgan fingerprint density at radius 3 is 2.76 bits per heavy atom. The van der Waals surface area contributed by atoms with E-state index in [0.717, 1.165) is 12.8 Å². The van der Waals surface area contributed by atoms with E-state index < -0.39 is 0 Å². The molecule has 0 fully saturated rings. The van der Waals surface area contributed by atoms with Gasteiger partial charge < -0.3 is 16.2 Å². The second-order valence-corrected chi connectivity index (χ2v) is 4.09. The number of para-hydroxylation sites is 1. The third-order valence-electron chi connectivity index (χ3n) is 2.63. The molecule has 4 heteroatoms. The number of nitrogens with two attached hydrogens (primary N) is 1. The quantitative estimate of drug-likeness (QED) is 0.694. The molecule has 4 N–H and O–H groups in total. The van der Waals surface area contributed by atoms with Crippen molar-refractivity contribution in [1.82, 2.24) is 5.32 Å². The zero-order chi connectivity index (χ0) is 12.7. The van der Waals surface area contributed by atoms with Crippen LogP contribution in [0.5, 0.6) is 5.75 Å². The smallest absolute Gasteiger partial charge is 0.224 e. The Morgan fingerprint density at radius 1 is 1.47 bits per heavy atom. The van der Waals surface area contributed by atoms with Gasteiger partial charge in [0.1, 0.15) is 5.75 Å². The van der Waals surface area contributed by atoms with Gasteiger partial charge in [0.15, 0.2) is 0 Å². The summed E-state index contributed by atoms with van der Waals surface area (Å²) in [6, 6.07) is 6.88. The summed E-state index contributed by atoms with van der Waals surface area (Å²) in [7, 11) is 0. The van der Waals surface area contributed by atoms with Crippen LogP contribution in [0.3, 0.4) is 0 Å². The van der Waals surface area contributed by atoms with E-state index in [9.17, 15) is 9.90 Å². The van der Waals surface area contributed by atoms with Crippen LogP contribution in [0, 0.1) is 0 Å². The van der Waals surface area contributed by atoms with E-state index in [4.69, 9.17) is 5.73 Å². The molecule has 0 radical (unpaired) electrons. The molecule has 4 nitrogen and oxygen atoms in total. The van der Waals surface area contributed by atoms with Gasteiger partial charge in [0.2, 0.25) is 5.91 Å². The number of hydrogen-bond acceptors (Lipinski definition) is 3. The second-order valence-electron chi connectivity index (χ2n) is 4.09. The van der Waals surface area contributed by atoms with Crippen LogP contribution in [0.4, 0.5) is 0 Å². The molecule has 0 aliphatic carbocycles. The summed E-state index contributed by atoms with van der Waals surface area (Å²) in [5.74, 6) is 0.0536. The molecule has 0 bridgehead atoms. The lowest BCUT2D eigenvalue weighted by Gasteiger charge is -2.16. The molecule has 1 unspecified atom stereocenters. The summed E-state index contributed by atoms with van der Waals surface area (Å²) in [5, 5.41) is 12.4. The largest absolute Gasteiger partial charge is 0.508 e. The molecule has 1 aromatic carbocycles. The number of carbonyl (C=O) groups excluding carboxylic acids is 1. The highest BCUT2D eigenvalue weighted by atomic mass is 16.3. The number of aromatic hydroxyl groups is 1. The van der Waals surface area contributed by atoms with Crippen molar-refractivity contribution >= 4 is 5.91 Å². The van der Waals surface area contributed by atoms with Gasteiger partial charge in [-0.1, -0.05) is 31.5 Å². The van der Waals surface area contributed by atoms with Crippen molar-refractivity contribution in [2.24, 2.45) is 5.73 Å². The van der Waals surface area contributed by atoms with E-state index in [1.54, 1.807) is 24.3 Å². The zero-order valence-corrected chi connectivity index (χ0v) is 10.1. The number of rotatable bonds is 6. The lowest BCUT2D eigenvalue weighted by Crippen LogP contribution is -2.40. The van der Waals surface area contributed by atoms with Crippen LogP contribution in [0.1, 0.15) is 25.3 Å². The first-order valence-corrected chi connectivity index (χ1v) is 5.93. The predicted octanol–water partition coefficient (Wildman–Crippen LogP) is 1.18. The maximum absolute atomic E-state index is 11.7. The Labute approximate surface area is 102 Å². The lowest BCUT2D eigenvalue weighted by molar-refractivity contribution is -0.121. The minimum atomic E-state index is -0.101. The van der Waals surface area contributed by atoms with Crippen molar-refractivity contribution in [1.29, 1.82) is 0 Å². The molecule has 0 saturated heterocycles. The number of carbonyl (C=O) groups is 1. The third kappa shape index (κ3) is 4.44. The van der Waals surface area contributed by atoms with Crippen LogP contribution in [-0.2, 0) is 11.2 Å². The van der Waals surface area contributed by atoms with Crippen LogP contribution < -0.4 is 11.1 Å². The highest BCUT2D eigenvalue weighted by Crippen LogP contribution is 2.15. The van der Waals surface area contributed by atoms with Gasteiger partial charge in [-0.05, 0) is 12.5 Å². The van der Waals surface area contributed by atoms with Crippen molar-refractivity contribution in [2.45, 2.75) is 32.2 Å². The first kappa shape index (κ1) is 13.5. The van der Waals surface area contributed by atoms with Crippen molar-refractivity contribution in [2.75, 3.05) is 6.54 Å².